The van der Waals surface area contributed by atoms with Crippen LogP contribution in [0.5, 0.6) is 11.5 Å². The van der Waals surface area contributed by atoms with Gasteiger partial charge in [0, 0.05) is 22.1 Å². The number of tetrazole rings is 1. The Bertz CT molecular complexity index is 1270. The Labute approximate surface area is 199 Å². The second-order valence-corrected chi connectivity index (χ2v) is 8.13. The largest absolute Gasteiger partial charge is 0.497 e. The first-order valence-corrected chi connectivity index (χ1v) is 11.1. The fourth-order valence-electron chi connectivity index (χ4n) is 3.12. The van der Waals surface area contributed by atoms with Gasteiger partial charge in [-0.25, -0.2) is 0 Å². The molecule has 2 aromatic heterocycles. The van der Waals surface area contributed by atoms with Gasteiger partial charge in [0.05, 0.1) is 26.5 Å². The van der Waals surface area contributed by atoms with E-state index in [0.717, 1.165) is 4.88 Å². The van der Waals surface area contributed by atoms with Crippen molar-refractivity contribution >= 4 is 28.8 Å². The molecule has 4 rings (SSSR count). The number of amides is 2. The van der Waals surface area contributed by atoms with Crippen molar-refractivity contribution in [3.8, 4) is 22.9 Å². The minimum Gasteiger partial charge on any atom is -0.497 e. The summed E-state index contributed by atoms with van der Waals surface area (Å²) in [5.74, 6) is 0.695. The monoisotopic (exact) mass is 478 g/mol. The SMILES string of the molecule is COc1cc(OC)cc(C(=O)Nc2ccccc2-c2nnn(CC(=O)NCc3cccs3)n2)c1. The molecule has 2 N–H and O–H groups in total. The third-order valence-electron chi connectivity index (χ3n) is 4.81. The molecule has 11 heteroatoms. The molecule has 2 amide bonds. The number of hydrogen-bond donors (Lipinski definition) is 2. The number of methoxy groups -OCH3 is 2. The van der Waals surface area contributed by atoms with Gasteiger partial charge in [0.1, 0.15) is 18.0 Å². The minimum atomic E-state index is -0.356. The number of ether oxygens (including phenoxy) is 2. The van der Waals surface area contributed by atoms with Gasteiger partial charge in [-0.15, -0.1) is 21.5 Å². The van der Waals surface area contributed by atoms with Crippen molar-refractivity contribution in [2.24, 2.45) is 0 Å². The lowest BCUT2D eigenvalue weighted by atomic mass is 10.1. The van der Waals surface area contributed by atoms with Gasteiger partial charge in [0.15, 0.2) is 0 Å². The van der Waals surface area contributed by atoms with E-state index in [1.165, 1.54) is 19.0 Å². The maximum absolute atomic E-state index is 12.9. The van der Waals surface area contributed by atoms with Crippen molar-refractivity contribution in [1.82, 2.24) is 25.5 Å². The zero-order chi connectivity index (χ0) is 23.9. The highest BCUT2D eigenvalue weighted by atomic mass is 32.1. The Balaban J connectivity index is 1.47. The second kappa shape index (κ2) is 10.6. The molecule has 0 saturated heterocycles. The van der Waals surface area contributed by atoms with Crippen LogP contribution in [-0.2, 0) is 17.9 Å². The van der Waals surface area contributed by atoms with Crippen molar-refractivity contribution in [2.45, 2.75) is 13.1 Å². The number of rotatable bonds is 9. The van der Waals surface area contributed by atoms with E-state index in [0.29, 0.717) is 34.9 Å². The van der Waals surface area contributed by atoms with Crippen LogP contribution in [0.4, 0.5) is 5.69 Å². The van der Waals surface area contributed by atoms with Crippen LogP contribution in [0.3, 0.4) is 0 Å². The summed E-state index contributed by atoms with van der Waals surface area (Å²) in [5, 5.41) is 20.0. The molecule has 0 saturated carbocycles. The molecule has 0 radical (unpaired) electrons. The summed E-state index contributed by atoms with van der Waals surface area (Å²) in [6.45, 7) is 0.373. The predicted octanol–water partition coefficient (Wildman–Crippen LogP) is 2.99. The number of hydrogen-bond acceptors (Lipinski definition) is 8. The summed E-state index contributed by atoms with van der Waals surface area (Å²) >= 11 is 1.57. The Kier molecular flexibility index (Phi) is 7.13. The molecule has 0 aliphatic rings. The van der Waals surface area contributed by atoms with Gasteiger partial charge in [-0.05, 0) is 40.9 Å². The molecular weight excluding hydrogens is 456 g/mol. The molecule has 174 valence electrons. The lowest BCUT2D eigenvalue weighted by Crippen LogP contribution is -2.27. The standard InChI is InChI=1S/C23H22N6O4S/c1-32-16-10-15(11-17(12-16)33-2)23(31)25-20-8-4-3-7-19(20)22-26-28-29(27-22)14-21(30)24-13-18-6-5-9-34-18/h3-12H,13-14H2,1-2H3,(H,24,30)(H,25,31). The minimum absolute atomic E-state index is 0.0729. The van der Waals surface area contributed by atoms with Crippen molar-refractivity contribution in [3.05, 3.63) is 70.4 Å². The Hall–Kier alpha value is -4.25. The number of aromatic nitrogens is 4. The summed E-state index contributed by atoms with van der Waals surface area (Å²) in [4.78, 5) is 27.4. The van der Waals surface area contributed by atoms with Crippen molar-refractivity contribution < 1.29 is 19.1 Å². The van der Waals surface area contributed by atoms with Gasteiger partial charge in [0.25, 0.3) is 5.91 Å². The zero-order valence-corrected chi connectivity index (χ0v) is 19.3. The molecule has 0 unspecified atom stereocenters. The normalized spacial score (nSPS) is 10.5. The summed E-state index contributed by atoms with van der Waals surface area (Å²) < 4.78 is 10.5. The van der Waals surface area contributed by atoms with E-state index >= 15 is 0 Å². The second-order valence-electron chi connectivity index (χ2n) is 7.10. The maximum Gasteiger partial charge on any atom is 0.255 e. The van der Waals surface area contributed by atoms with Gasteiger partial charge < -0.3 is 20.1 Å². The van der Waals surface area contributed by atoms with Crippen LogP contribution in [0.2, 0.25) is 0 Å². The third kappa shape index (κ3) is 5.56. The van der Waals surface area contributed by atoms with E-state index in [9.17, 15) is 9.59 Å². The first kappa shape index (κ1) is 22.9. The quantitative estimate of drug-likeness (QED) is 0.379. The molecule has 4 aromatic rings. The molecule has 0 bridgehead atoms. The number of carbonyl (C=O) groups is 2. The Morgan fingerprint density at radius 2 is 1.79 bits per heavy atom. The highest BCUT2D eigenvalue weighted by molar-refractivity contribution is 7.09. The van der Waals surface area contributed by atoms with Crippen molar-refractivity contribution in [3.63, 3.8) is 0 Å². The van der Waals surface area contributed by atoms with E-state index in [4.69, 9.17) is 9.47 Å². The van der Waals surface area contributed by atoms with Crippen LogP contribution in [-0.4, -0.2) is 46.2 Å². The molecule has 0 spiro atoms. The molecule has 2 aromatic carbocycles. The van der Waals surface area contributed by atoms with Crippen LogP contribution < -0.4 is 20.1 Å². The van der Waals surface area contributed by atoms with Crippen LogP contribution in [0.1, 0.15) is 15.2 Å². The van der Waals surface area contributed by atoms with E-state index < -0.39 is 0 Å². The van der Waals surface area contributed by atoms with Crippen LogP contribution in [0.25, 0.3) is 11.4 Å². The fraction of sp³-hybridized carbons (Fsp3) is 0.174. The average molecular weight is 479 g/mol. The maximum atomic E-state index is 12.9. The van der Waals surface area contributed by atoms with E-state index in [1.807, 2.05) is 17.5 Å². The van der Waals surface area contributed by atoms with Gasteiger partial charge in [-0.1, -0.05) is 18.2 Å². The number of nitrogens with zero attached hydrogens (tertiary/aromatic N) is 4. The number of anilines is 1. The number of nitrogens with one attached hydrogen (secondary N) is 2. The molecule has 10 nitrogen and oxygen atoms in total. The molecule has 0 atom stereocenters. The molecule has 0 aliphatic carbocycles. The van der Waals surface area contributed by atoms with Crippen LogP contribution in [0, 0.1) is 0 Å². The zero-order valence-electron chi connectivity index (χ0n) is 18.5. The lowest BCUT2D eigenvalue weighted by Gasteiger charge is -2.11. The topological polar surface area (TPSA) is 120 Å². The summed E-state index contributed by atoms with van der Waals surface area (Å²) in [6, 6.07) is 15.9. The smallest absolute Gasteiger partial charge is 0.255 e. The predicted molar refractivity (Wildman–Crippen MR) is 127 cm³/mol. The lowest BCUT2D eigenvalue weighted by molar-refractivity contribution is -0.122. The van der Waals surface area contributed by atoms with E-state index in [-0.39, 0.29) is 24.2 Å². The number of thiophene rings is 1. The van der Waals surface area contributed by atoms with Gasteiger partial charge in [-0.3, -0.25) is 9.59 Å². The fourth-order valence-corrected chi connectivity index (χ4v) is 3.77. The summed E-state index contributed by atoms with van der Waals surface area (Å²) in [7, 11) is 3.03. The highest BCUT2D eigenvalue weighted by Crippen LogP contribution is 2.27. The first-order chi connectivity index (χ1) is 16.6. The Morgan fingerprint density at radius 1 is 1.03 bits per heavy atom. The van der Waals surface area contributed by atoms with Crippen molar-refractivity contribution in [2.75, 3.05) is 19.5 Å². The van der Waals surface area contributed by atoms with Crippen LogP contribution >= 0.6 is 11.3 Å². The molecule has 0 fully saturated rings. The molecule has 0 aliphatic heterocycles. The number of carbonyl (C=O) groups excluding carboxylic acids is 2. The third-order valence-corrected chi connectivity index (χ3v) is 5.68. The number of benzene rings is 2. The summed E-state index contributed by atoms with van der Waals surface area (Å²) in [6.07, 6.45) is 0. The highest BCUT2D eigenvalue weighted by Gasteiger charge is 2.16. The van der Waals surface area contributed by atoms with E-state index in [2.05, 4.69) is 26.0 Å². The van der Waals surface area contributed by atoms with Gasteiger partial charge >= 0.3 is 0 Å². The molecule has 2 heterocycles. The van der Waals surface area contributed by atoms with Crippen LogP contribution in [0.15, 0.2) is 60.0 Å². The van der Waals surface area contributed by atoms with Gasteiger partial charge in [-0.2, -0.15) is 4.80 Å². The average Bonchev–Trinajstić information content (AvgIpc) is 3.55. The van der Waals surface area contributed by atoms with E-state index in [1.54, 1.807) is 53.8 Å². The first-order valence-electron chi connectivity index (χ1n) is 10.3. The van der Waals surface area contributed by atoms with Crippen molar-refractivity contribution in [1.29, 1.82) is 0 Å². The molecule has 34 heavy (non-hydrogen) atoms. The number of para-hydroxylation sites is 1. The van der Waals surface area contributed by atoms with Gasteiger partial charge in [0.2, 0.25) is 11.7 Å². The molecular formula is C23H22N6O4S. The Morgan fingerprint density at radius 3 is 2.50 bits per heavy atom. The summed E-state index contributed by atoms with van der Waals surface area (Å²) in [5.41, 5.74) is 1.43.